The van der Waals surface area contributed by atoms with Gasteiger partial charge >= 0.3 is 5.97 Å². The summed E-state index contributed by atoms with van der Waals surface area (Å²) in [6.07, 6.45) is 3.86. The maximum atomic E-state index is 12.4. The van der Waals surface area contributed by atoms with Gasteiger partial charge in [0.1, 0.15) is 0 Å². The maximum Gasteiger partial charge on any atom is 0.339 e. The van der Waals surface area contributed by atoms with Crippen molar-refractivity contribution in [3.05, 3.63) is 101 Å². The van der Waals surface area contributed by atoms with E-state index in [0.717, 1.165) is 11.1 Å². The molecule has 0 heterocycles. The second-order valence-corrected chi connectivity index (χ2v) is 5.86. The lowest BCUT2D eigenvalue weighted by Gasteiger charge is -2.11. The van der Waals surface area contributed by atoms with Crippen LogP contribution in [0.1, 0.15) is 31.8 Å². The van der Waals surface area contributed by atoms with Crippen molar-refractivity contribution < 1.29 is 14.3 Å². The molecule has 0 unspecified atom stereocenters. The SMILES string of the molecule is COC(=O)c1cc(C=Cc2ccccc2)ccc1NC(=O)c1ccccc1. The summed E-state index contributed by atoms with van der Waals surface area (Å²) in [7, 11) is 1.32. The number of nitrogens with one attached hydrogen (secondary N) is 1. The summed E-state index contributed by atoms with van der Waals surface area (Å²) < 4.78 is 4.87. The van der Waals surface area contributed by atoms with Gasteiger partial charge < -0.3 is 10.1 Å². The molecule has 3 aromatic carbocycles. The summed E-state index contributed by atoms with van der Waals surface area (Å²) in [6, 6.07) is 23.9. The molecule has 27 heavy (non-hydrogen) atoms. The smallest absolute Gasteiger partial charge is 0.339 e. The average Bonchev–Trinajstić information content (AvgIpc) is 2.73. The van der Waals surface area contributed by atoms with Gasteiger partial charge in [-0.05, 0) is 35.4 Å². The van der Waals surface area contributed by atoms with E-state index < -0.39 is 5.97 Å². The van der Waals surface area contributed by atoms with Crippen LogP contribution < -0.4 is 5.32 Å². The molecule has 0 aliphatic heterocycles. The number of esters is 1. The van der Waals surface area contributed by atoms with Gasteiger partial charge in [-0.1, -0.05) is 66.7 Å². The summed E-state index contributed by atoms with van der Waals surface area (Å²) in [4.78, 5) is 24.6. The second kappa shape index (κ2) is 8.63. The topological polar surface area (TPSA) is 55.4 Å². The van der Waals surface area contributed by atoms with Gasteiger partial charge in [-0.3, -0.25) is 4.79 Å². The minimum absolute atomic E-state index is 0.284. The second-order valence-electron chi connectivity index (χ2n) is 5.86. The third-order valence-corrected chi connectivity index (χ3v) is 4.00. The largest absolute Gasteiger partial charge is 0.465 e. The first-order chi connectivity index (χ1) is 13.2. The standard InChI is InChI=1S/C23H19NO3/c1-27-23(26)20-16-18(13-12-17-8-4-2-5-9-17)14-15-21(20)24-22(25)19-10-6-3-7-11-19/h2-16H,1H3,(H,24,25). The van der Waals surface area contributed by atoms with E-state index in [1.165, 1.54) is 7.11 Å². The average molecular weight is 357 g/mol. The highest BCUT2D eigenvalue weighted by molar-refractivity contribution is 6.08. The third-order valence-electron chi connectivity index (χ3n) is 4.00. The van der Waals surface area contributed by atoms with Crippen molar-refractivity contribution in [3.63, 3.8) is 0 Å². The molecule has 1 amide bonds. The predicted octanol–water partition coefficient (Wildman–Crippen LogP) is 4.90. The molecule has 0 aliphatic rings. The van der Waals surface area contributed by atoms with Crippen LogP contribution in [0.5, 0.6) is 0 Å². The van der Waals surface area contributed by atoms with Gasteiger partial charge in [0.05, 0.1) is 18.4 Å². The number of rotatable bonds is 5. The number of methoxy groups -OCH3 is 1. The third kappa shape index (κ3) is 4.70. The maximum absolute atomic E-state index is 12.4. The van der Waals surface area contributed by atoms with E-state index in [1.807, 2.05) is 54.6 Å². The zero-order chi connectivity index (χ0) is 19.1. The zero-order valence-corrected chi connectivity index (χ0v) is 14.9. The van der Waals surface area contributed by atoms with Crippen LogP contribution in [0.15, 0.2) is 78.9 Å². The molecule has 4 heteroatoms. The minimum Gasteiger partial charge on any atom is -0.465 e. The number of anilines is 1. The van der Waals surface area contributed by atoms with Crippen LogP contribution in [0.25, 0.3) is 12.2 Å². The number of amides is 1. The van der Waals surface area contributed by atoms with Gasteiger partial charge in [0.15, 0.2) is 0 Å². The Kier molecular flexibility index (Phi) is 5.80. The summed E-state index contributed by atoms with van der Waals surface area (Å²) in [5.41, 5.74) is 3.11. The molecule has 0 saturated heterocycles. The number of hydrogen-bond donors (Lipinski definition) is 1. The predicted molar refractivity (Wildman–Crippen MR) is 108 cm³/mol. The fraction of sp³-hybridized carbons (Fsp3) is 0.0435. The van der Waals surface area contributed by atoms with Crippen molar-refractivity contribution in [1.29, 1.82) is 0 Å². The van der Waals surface area contributed by atoms with Crippen LogP contribution in [0.2, 0.25) is 0 Å². The lowest BCUT2D eigenvalue weighted by atomic mass is 10.1. The van der Waals surface area contributed by atoms with Gasteiger partial charge in [0.2, 0.25) is 0 Å². The van der Waals surface area contributed by atoms with Crippen molar-refractivity contribution in [2.24, 2.45) is 0 Å². The number of ether oxygens (including phenoxy) is 1. The molecule has 0 radical (unpaired) electrons. The lowest BCUT2D eigenvalue weighted by molar-refractivity contribution is 0.0602. The van der Waals surface area contributed by atoms with E-state index in [0.29, 0.717) is 16.8 Å². The number of carbonyl (C=O) groups excluding carboxylic acids is 2. The molecular weight excluding hydrogens is 338 g/mol. The number of carbonyl (C=O) groups is 2. The minimum atomic E-state index is -0.506. The van der Waals surface area contributed by atoms with Gasteiger partial charge in [0, 0.05) is 5.56 Å². The number of benzene rings is 3. The first-order valence-corrected chi connectivity index (χ1v) is 8.49. The Labute approximate surface area is 158 Å². The van der Waals surface area contributed by atoms with Crippen molar-refractivity contribution in [2.75, 3.05) is 12.4 Å². The highest BCUT2D eigenvalue weighted by atomic mass is 16.5. The Hall–Kier alpha value is -3.66. The first-order valence-electron chi connectivity index (χ1n) is 8.49. The van der Waals surface area contributed by atoms with Crippen molar-refractivity contribution in [1.82, 2.24) is 0 Å². The molecule has 0 aromatic heterocycles. The molecule has 0 saturated carbocycles. The van der Waals surface area contributed by atoms with Crippen molar-refractivity contribution in [2.45, 2.75) is 0 Å². The highest BCUT2D eigenvalue weighted by Crippen LogP contribution is 2.21. The van der Waals surface area contributed by atoms with Gasteiger partial charge in [0.25, 0.3) is 5.91 Å². The zero-order valence-electron chi connectivity index (χ0n) is 14.9. The van der Waals surface area contributed by atoms with E-state index >= 15 is 0 Å². The Bertz CT molecular complexity index is 963. The van der Waals surface area contributed by atoms with Crippen molar-refractivity contribution in [3.8, 4) is 0 Å². The van der Waals surface area contributed by atoms with Crippen LogP contribution in [0.4, 0.5) is 5.69 Å². The molecule has 4 nitrogen and oxygen atoms in total. The van der Waals surface area contributed by atoms with Gasteiger partial charge in [-0.15, -0.1) is 0 Å². The molecule has 0 fully saturated rings. The van der Waals surface area contributed by atoms with Crippen LogP contribution in [-0.4, -0.2) is 19.0 Å². The molecule has 0 spiro atoms. The van der Waals surface area contributed by atoms with Crippen LogP contribution >= 0.6 is 0 Å². The van der Waals surface area contributed by atoms with Crippen LogP contribution in [0, 0.1) is 0 Å². The summed E-state index contributed by atoms with van der Waals surface area (Å²) in [5.74, 6) is -0.790. The highest BCUT2D eigenvalue weighted by Gasteiger charge is 2.15. The molecule has 3 rings (SSSR count). The van der Waals surface area contributed by atoms with Gasteiger partial charge in [-0.2, -0.15) is 0 Å². The lowest BCUT2D eigenvalue weighted by Crippen LogP contribution is -2.15. The fourth-order valence-corrected chi connectivity index (χ4v) is 2.59. The molecule has 1 N–H and O–H groups in total. The Balaban J connectivity index is 1.87. The molecule has 0 atom stereocenters. The molecule has 0 aliphatic carbocycles. The van der Waals surface area contributed by atoms with Crippen LogP contribution in [-0.2, 0) is 4.74 Å². The Morgan fingerprint density at radius 2 is 1.44 bits per heavy atom. The molecular formula is C23H19NO3. The van der Waals surface area contributed by atoms with E-state index in [1.54, 1.807) is 36.4 Å². The van der Waals surface area contributed by atoms with E-state index in [4.69, 9.17) is 4.74 Å². The monoisotopic (exact) mass is 357 g/mol. The van der Waals surface area contributed by atoms with Gasteiger partial charge in [-0.25, -0.2) is 4.79 Å². The van der Waals surface area contributed by atoms with E-state index in [9.17, 15) is 9.59 Å². The fourth-order valence-electron chi connectivity index (χ4n) is 2.59. The quantitative estimate of drug-likeness (QED) is 0.522. The Morgan fingerprint density at radius 1 is 0.815 bits per heavy atom. The van der Waals surface area contributed by atoms with E-state index in [-0.39, 0.29) is 5.91 Å². The normalized spacial score (nSPS) is 10.6. The molecule has 3 aromatic rings. The summed E-state index contributed by atoms with van der Waals surface area (Å²) in [5, 5.41) is 2.78. The molecule has 134 valence electrons. The Morgan fingerprint density at radius 3 is 2.11 bits per heavy atom. The summed E-state index contributed by atoms with van der Waals surface area (Å²) >= 11 is 0. The first kappa shape index (κ1) is 18.1. The molecule has 0 bridgehead atoms. The summed E-state index contributed by atoms with van der Waals surface area (Å²) in [6.45, 7) is 0. The van der Waals surface area contributed by atoms with E-state index in [2.05, 4.69) is 5.32 Å². The van der Waals surface area contributed by atoms with Crippen molar-refractivity contribution >= 4 is 29.7 Å². The number of hydrogen-bond acceptors (Lipinski definition) is 3. The van der Waals surface area contributed by atoms with Crippen LogP contribution in [0.3, 0.4) is 0 Å².